The molecule has 0 aromatic carbocycles. The van der Waals surface area contributed by atoms with Crippen LogP contribution in [0.5, 0.6) is 0 Å². The van der Waals surface area contributed by atoms with Gasteiger partial charge in [0.15, 0.2) is 0 Å². The molecule has 1 fully saturated rings. The predicted octanol–water partition coefficient (Wildman–Crippen LogP) is 2.37. The zero-order valence-corrected chi connectivity index (χ0v) is 10.3. The lowest BCUT2D eigenvalue weighted by Gasteiger charge is -2.21. The molecule has 3 nitrogen and oxygen atoms in total. The summed E-state index contributed by atoms with van der Waals surface area (Å²) < 4.78 is 4.82. The number of ether oxygens (including phenoxy) is 1. The number of carbonyl (C=O) groups is 1. The minimum absolute atomic E-state index is 0.0180. The molecule has 3 heteroatoms. The molecule has 1 aliphatic rings. The van der Waals surface area contributed by atoms with Crippen LogP contribution in [0.1, 0.15) is 38.5 Å². The largest absolute Gasteiger partial charge is 0.468 e. The summed E-state index contributed by atoms with van der Waals surface area (Å²) in [4.78, 5) is 13.7. The third-order valence-electron chi connectivity index (χ3n) is 3.19. The van der Waals surface area contributed by atoms with Crippen molar-refractivity contribution in [2.24, 2.45) is 0 Å². The molecule has 16 heavy (non-hydrogen) atoms. The van der Waals surface area contributed by atoms with E-state index < -0.39 is 0 Å². The maximum absolute atomic E-state index is 11.5. The van der Waals surface area contributed by atoms with Gasteiger partial charge in [0, 0.05) is 0 Å². The lowest BCUT2D eigenvalue weighted by Crippen LogP contribution is -2.37. The minimum Gasteiger partial charge on any atom is -0.468 e. The van der Waals surface area contributed by atoms with E-state index in [9.17, 15) is 4.79 Å². The Morgan fingerprint density at radius 2 is 2.31 bits per heavy atom. The summed E-state index contributed by atoms with van der Waals surface area (Å²) in [6.45, 7) is 5.78. The van der Waals surface area contributed by atoms with Gasteiger partial charge in [0.1, 0.15) is 6.04 Å². The Morgan fingerprint density at radius 1 is 1.50 bits per heavy atom. The molecule has 1 atom stereocenters. The molecule has 0 saturated carbocycles. The highest BCUT2D eigenvalue weighted by atomic mass is 16.5. The fourth-order valence-corrected chi connectivity index (χ4v) is 2.28. The molecule has 0 aromatic rings. The monoisotopic (exact) mass is 225 g/mol. The molecule has 0 aromatic heterocycles. The number of esters is 1. The highest BCUT2D eigenvalue weighted by Crippen LogP contribution is 2.19. The summed E-state index contributed by atoms with van der Waals surface area (Å²) in [5.74, 6) is -0.0661. The van der Waals surface area contributed by atoms with E-state index in [1.807, 2.05) is 6.08 Å². The van der Waals surface area contributed by atoms with E-state index in [4.69, 9.17) is 4.74 Å². The number of hydrogen-bond donors (Lipinski definition) is 0. The third-order valence-corrected chi connectivity index (χ3v) is 3.19. The predicted molar refractivity (Wildman–Crippen MR) is 65.3 cm³/mol. The Morgan fingerprint density at radius 3 is 3.00 bits per heavy atom. The van der Waals surface area contributed by atoms with Crippen LogP contribution in [0.15, 0.2) is 12.7 Å². The molecule has 1 aliphatic heterocycles. The van der Waals surface area contributed by atoms with Crippen LogP contribution in [-0.2, 0) is 9.53 Å². The quantitative estimate of drug-likeness (QED) is 0.378. The molecule has 1 unspecified atom stereocenters. The topological polar surface area (TPSA) is 29.5 Å². The van der Waals surface area contributed by atoms with Crippen LogP contribution in [0.4, 0.5) is 0 Å². The Labute approximate surface area is 98.5 Å². The zero-order valence-electron chi connectivity index (χ0n) is 10.3. The van der Waals surface area contributed by atoms with Crippen molar-refractivity contribution < 1.29 is 9.53 Å². The van der Waals surface area contributed by atoms with Crippen LogP contribution in [0, 0.1) is 0 Å². The molecule has 0 N–H and O–H groups in total. The number of allylic oxidation sites excluding steroid dienone is 1. The second-order valence-electron chi connectivity index (χ2n) is 4.36. The number of rotatable bonds is 7. The first-order valence-corrected chi connectivity index (χ1v) is 6.22. The van der Waals surface area contributed by atoms with Crippen molar-refractivity contribution in [2.45, 2.75) is 44.6 Å². The summed E-state index contributed by atoms with van der Waals surface area (Å²) in [6.07, 6.45) is 8.73. The average molecular weight is 225 g/mol. The third kappa shape index (κ3) is 3.97. The van der Waals surface area contributed by atoms with Gasteiger partial charge >= 0.3 is 5.97 Å². The maximum atomic E-state index is 11.5. The van der Waals surface area contributed by atoms with Gasteiger partial charge in [-0.15, -0.1) is 6.58 Å². The Kier molecular flexibility index (Phi) is 6.16. The second kappa shape index (κ2) is 7.44. The first-order chi connectivity index (χ1) is 7.79. The van der Waals surface area contributed by atoms with Gasteiger partial charge in [-0.1, -0.05) is 12.5 Å². The van der Waals surface area contributed by atoms with Crippen LogP contribution in [0.2, 0.25) is 0 Å². The molecular formula is C13H23NO2. The fraction of sp³-hybridized carbons (Fsp3) is 0.769. The number of hydrogen-bond acceptors (Lipinski definition) is 3. The molecule has 1 saturated heterocycles. The Hall–Kier alpha value is -0.830. The summed E-state index contributed by atoms with van der Waals surface area (Å²) in [6, 6.07) is 0.0180. The first-order valence-electron chi connectivity index (χ1n) is 6.22. The zero-order chi connectivity index (χ0) is 11.8. The minimum atomic E-state index is -0.0661. The van der Waals surface area contributed by atoms with Crippen molar-refractivity contribution in [3.63, 3.8) is 0 Å². The van der Waals surface area contributed by atoms with Crippen molar-refractivity contribution in [1.29, 1.82) is 0 Å². The number of likely N-dealkylation sites (tertiary alicyclic amines) is 1. The Bertz CT molecular complexity index is 228. The van der Waals surface area contributed by atoms with Gasteiger partial charge in [0.2, 0.25) is 0 Å². The van der Waals surface area contributed by atoms with Gasteiger partial charge in [-0.25, -0.2) is 0 Å². The number of nitrogens with zero attached hydrogens (tertiary/aromatic N) is 1. The lowest BCUT2D eigenvalue weighted by atomic mass is 10.1. The number of unbranched alkanes of at least 4 members (excludes halogenated alkanes) is 3. The highest BCUT2D eigenvalue weighted by Gasteiger charge is 2.30. The van der Waals surface area contributed by atoms with E-state index in [1.165, 1.54) is 26.4 Å². The van der Waals surface area contributed by atoms with E-state index in [-0.39, 0.29) is 12.0 Å². The maximum Gasteiger partial charge on any atom is 0.323 e. The van der Waals surface area contributed by atoms with Crippen molar-refractivity contribution >= 4 is 5.97 Å². The summed E-state index contributed by atoms with van der Waals surface area (Å²) in [5, 5.41) is 0. The fourth-order valence-electron chi connectivity index (χ4n) is 2.28. The molecule has 92 valence electrons. The smallest absolute Gasteiger partial charge is 0.323 e. The number of methoxy groups -OCH3 is 1. The van der Waals surface area contributed by atoms with Gasteiger partial charge in [-0.05, 0) is 45.2 Å². The molecule has 0 aliphatic carbocycles. The van der Waals surface area contributed by atoms with E-state index in [2.05, 4.69) is 11.5 Å². The van der Waals surface area contributed by atoms with Crippen molar-refractivity contribution in [3.8, 4) is 0 Å². The lowest BCUT2D eigenvalue weighted by molar-refractivity contribution is -0.145. The summed E-state index contributed by atoms with van der Waals surface area (Å²) >= 11 is 0. The Balaban J connectivity index is 2.19. The summed E-state index contributed by atoms with van der Waals surface area (Å²) in [7, 11) is 1.48. The van der Waals surface area contributed by atoms with Crippen LogP contribution < -0.4 is 0 Å². The van der Waals surface area contributed by atoms with E-state index >= 15 is 0 Å². The van der Waals surface area contributed by atoms with Gasteiger partial charge < -0.3 is 4.74 Å². The van der Waals surface area contributed by atoms with Crippen LogP contribution in [-0.4, -0.2) is 37.1 Å². The van der Waals surface area contributed by atoms with E-state index in [0.29, 0.717) is 0 Å². The molecule has 0 radical (unpaired) electrons. The molecule has 0 bridgehead atoms. The molecular weight excluding hydrogens is 202 g/mol. The highest BCUT2D eigenvalue weighted by molar-refractivity contribution is 5.75. The van der Waals surface area contributed by atoms with Gasteiger partial charge in [-0.2, -0.15) is 0 Å². The van der Waals surface area contributed by atoms with E-state index in [1.54, 1.807) is 0 Å². The first kappa shape index (κ1) is 13.2. The van der Waals surface area contributed by atoms with Crippen LogP contribution in [0.25, 0.3) is 0 Å². The van der Waals surface area contributed by atoms with Gasteiger partial charge in [0.05, 0.1) is 7.11 Å². The van der Waals surface area contributed by atoms with Crippen LogP contribution in [0.3, 0.4) is 0 Å². The molecule has 1 rings (SSSR count). The average Bonchev–Trinajstić information content (AvgIpc) is 2.76. The standard InChI is InChI=1S/C13H23NO2/c1-3-4-5-6-7-10-14-11-8-9-12(14)13(15)16-2/h3,12H,1,4-11H2,2H3. The van der Waals surface area contributed by atoms with Gasteiger partial charge in [-0.3, -0.25) is 9.69 Å². The SMILES string of the molecule is C=CCCCCCN1CCCC1C(=O)OC. The summed E-state index contributed by atoms with van der Waals surface area (Å²) in [5.41, 5.74) is 0. The molecule has 0 spiro atoms. The van der Waals surface area contributed by atoms with Gasteiger partial charge in [0.25, 0.3) is 0 Å². The van der Waals surface area contributed by atoms with Crippen LogP contribution >= 0.6 is 0 Å². The molecule has 1 heterocycles. The second-order valence-corrected chi connectivity index (χ2v) is 4.36. The van der Waals surface area contributed by atoms with Crippen molar-refractivity contribution in [3.05, 3.63) is 12.7 Å². The normalized spacial score (nSPS) is 20.9. The molecule has 0 amide bonds. The van der Waals surface area contributed by atoms with Crippen molar-refractivity contribution in [1.82, 2.24) is 4.90 Å². The van der Waals surface area contributed by atoms with E-state index in [0.717, 1.165) is 32.4 Å². The van der Waals surface area contributed by atoms with Crippen molar-refractivity contribution in [2.75, 3.05) is 20.2 Å². The number of carbonyl (C=O) groups excluding carboxylic acids is 1.